The SMILES string of the molecule is CCCCOC(=O)NC(CNC1N=CCCN1)(C(=O)O)N(OCC)C(=O)c1ccno1. The number of nitrogens with zero attached hydrogens (tertiary/aromatic N) is 3. The first-order valence-electron chi connectivity index (χ1n) is 9.99. The van der Waals surface area contributed by atoms with Gasteiger partial charge in [0.1, 0.15) is 0 Å². The topological polar surface area (TPSA) is 168 Å². The number of carboxylic acid groups (broad SMARTS) is 1. The summed E-state index contributed by atoms with van der Waals surface area (Å²) in [6.07, 6.45) is 3.37. The Hall–Kier alpha value is -3.03. The number of unbranched alkanes of at least 4 members (excludes halogenated alkanes) is 1. The van der Waals surface area contributed by atoms with Gasteiger partial charge >= 0.3 is 18.0 Å². The average molecular weight is 440 g/mol. The Morgan fingerprint density at radius 3 is 2.81 bits per heavy atom. The summed E-state index contributed by atoms with van der Waals surface area (Å²) in [5.74, 6) is -2.78. The fourth-order valence-corrected chi connectivity index (χ4v) is 2.68. The predicted octanol–water partition coefficient (Wildman–Crippen LogP) is 0.313. The van der Waals surface area contributed by atoms with Crippen LogP contribution in [-0.2, 0) is 14.4 Å². The van der Waals surface area contributed by atoms with Crippen LogP contribution >= 0.6 is 0 Å². The van der Waals surface area contributed by atoms with E-state index >= 15 is 0 Å². The lowest BCUT2D eigenvalue weighted by Crippen LogP contribution is -2.72. The third-order valence-corrected chi connectivity index (χ3v) is 4.25. The summed E-state index contributed by atoms with van der Waals surface area (Å²) in [6, 6.07) is 1.25. The number of alkyl carbamates (subject to hydrolysis) is 1. The van der Waals surface area contributed by atoms with Crippen molar-refractivity contribution in [3.8, 4) is 0 Å². The summed E-state index contributed by atoms with van der Waals surface area (Å²) in [6.45, 7) is 3.66. The minimum absolute atomic E-state index is 0.0682. The van der Waals surface area contributed by atoms with E-state index in [0.717, 1.165) is 12.8 Å². The number of ether oxygens (including phenoxy) is 1. The van der Waals surface area contributed by atoms with Gasteiger partial charge in [0.2, 0.25) is 5.76 Å². The van der Waals surface area contributed by atoms with Crippen LogP contribution in [-0.4, -0.2) is 77.8 Å². The van der Waals surface area contributed by atoms with Gasteiger partial charge in [-0.15, -0.1) is 0 Å². The molecule has 13 nitrogen and oxygen atoms in total. The number of hydrogen-bond donors (Lipinski definition) is 4. The number of carboxylic acids is 1. The second-order valence-corrected chi connectivity index (χ2v) is 6.53. The smallest absolute Gasteiger partial charge is 0.409 e. The van der Waals surface area contributed by atoms with Crippen LogP contribution in [0.25, 0.3) is 0 Å². The molecule has 1 aliphatic heterocycles. The van der Waals surface area contributed by atoms with Crippen molar-refractivity contribution in [2.75, 3.05) is 26.3 Å². The van der Waals surface area contributed by atoms with Crippen molar-refractivity contribution < 1.29 is 33.6 Å². The van der Waals surface area contributed by atoms with E-state index in [1.165, 1.54) is 12.3 Å². The van der Waals surface area contributed by atoms with E-state index in [-0.39, 0.29) is 19.0 Å². The van der Waals surface area contributed by atoms with Gasteiger partial charge in [-0.3, -0.25) is 30.6 Å². The van der Waals surface area contributed by atoms with Gasteiger partial charge in [0.15, 0.2) is 6.29 Å². The van der Waals surface area contributed by atoms with Gasteiger partial charge in [-0.1, -0.05) is 18.5 Å². The van der Waals surface area contributed by atoms with Gasteiger partial charge in [-0.25, -0.2) is 9.59 Å². The Labute approximate surface area is 179 Å². The van der Waals surface area contributed by atoms with Crippen LogP contribution in [0.1, 0.15) is 43.7 Å². The molecule has 0 bridgehead atoms. The van der Waals surface area contributed by atoms with Crippen LogP contribution in [0.15, 0.2) is 21.8 Å². The maximum absolute atomic E-state index is 13.0. The van der Waals surface area contributed by atoms with Gasteiger partial charge < -0.3 is 14.4 Å². The third kappa shape index (κ3) is 6.47. The molecule has 1 aliphatic rings. The van der Waals surface area contributed by atoms with E-state index in [4.69, 9.17) is 14.1 Å². The highest BCUT2D eigenvalue weighted by Crippen LogP contribution is 2.19. The molecule has 13 heteroatoms. The van der Waals surface area contributed by atoms with Crippen molar-refractivity contribution in [2.45, 2.75) is 45.1 Å². The lowest BCUT2D eigenvalue weighted by molar-refractivity contribution is -0.205. The summed E-state index contributed by atoms with van der Waals surface area (Å²) >= 11 is 0. The molecule has 4 N–H and O–H groups in total. The molecule has 0 fully saturated rings. The van der Waals surface area contributed by atoms with Gasteiger partial charge in [0, 0.05) is 18.8 Å². The number of aliphatic imine (C=N–C) groups is 1. The molecule has 0 saturated heterocycles. The Kier molecular flexibility index (Phi) is 9.37. The molecular weight excluding hydrogens is 412 g/mol. The van der Waals surface area contributed by atoms with E-state index in [9.17, 15) is 19.5 Å². The molecule has 0 spiro atoms. The highest BCUT2D eigenvalue weighted by atomic mass is 16.7. The summed E-state index contributed by atoms with van der Waals surface area (Å²) in [5, 5.41) is 22.3. The van der Waals surface area contributed by atoms with Gasteiger partial charge in [0.25, 0.3) is 5.66 Å². The van der Waals surface area contributed by atoms with Crippen LogP contribution in [0, 0.1) is 0 Å². The lowest BCUT2D eigenvalue weighted by atomic mass is 10.1. The molecule has 2 rings (SSSR count). The molecule has 2 atom stereocenters. The van der Waals surface area contributed by atoms with Crippen molar-refractivity contribution in [2.24, 2.45) is 4.99 Å². The predicted molar refractivity (Wildman–Crippen MR) is 107 cm³/mol. The molecule has 0 aliphatic carbocycles. The largest absolute Gasteiger partial charge is 0.478 e. The van der Waals surface area contributed by atoms with Crippen LogP contribution in [0.3, 0.4) is 0 Å². The standard InChI is InChI=1S/C18H28N6O7/c1-3-5-11-29-17(28)23-18(15(26)27,12-21-16-19-8-6-9-20-16)24(30-4-2)14(25)13-7-10-22-31-13/h7-8,10,16,20-21H,3-6,9,11-12H2,1-2H3,(H,23,28)(H,26,27). The number of amides is 2. The first-order valence-corrected chi connectivity index (χ1v) is 9.99. The summed E-state index contributed by atoms with van der Waals surface area (Å²) in [7, 11) is 0. The average Bonchev–Trinajstić information content (AvgIpc) is 3.30. The van der Waals surface area contributed by atoms with E-state index in [1.54, 1.807) is 13.1 Å². The maximum atomic E-state index is 13.0. The molecule has 2 heterocycles. The van der Waals surface area contributed by atoms with Gasteiger partial charge in [-0.2, -0.15) is 5.06 Å². The van der Waals surface area contributed by atoms with Crippen molar-refractivity contribution in [3.63, 3.8) is 0 Å². The molecule has 2 unspecified atom stereocenters. The fourth-order valence-electron chi connectivity index (χ4n) is 2.68. The van der Waals surface area contributed by atoms with Crippen molar-refractivity contribution in [1.82, 2.24) is 26.2 Å². The molecule has 0 aromatic carbocycles. The maximum Gasteiger partial charge on any atom is 0.409 e. The monoisotopic (exact) mass is 440 g/mol. The molecular formula is C18H28N6O7. The highest BCUT2D eigenvalue weighted by molar-refractivity contribution is 5.96. The van der Waals surface area contributed by atoms with Crippen LogP contribution in [0.4, 0.5) is 4.79 Å². The van der Waals surface area contributed by atoms with E-state index in [0.29, 0.717) is 18.0 Å². The molecule has 2 amide bonds. The Bertz CT molecular complexity index is 757. The number of hydroxylamine groups is 2. The quantitative estimate of drug-likeness (QED) is 0.202. The van der Waals surface area contributed by atoms with Crippen molar-refractivity contribution >= 4 is 24.2 Å². The zero-order valence-corrected chi connectivity index (χ0v) is 17.5. The van der Waals surface area contributed by atoms with E-state index in [1.807, 2.05) is 6.92 Å². The normalized spacial score (nSPS) is 17.5. The van der Waals surface area contributed by atoms with Crippen LogP contribution < -0.4 is 16.0 Å². The molecule has 0 saturated carbocycles. The Balaban J connectivity index is 2.35. The number of aromatic nitrogens is 1. The Morgan fingerprint density at radius 2 is 2.23 bits per heavy atom. The summed E-state index contributed by atoms with van der Waals surface area (Å²) < 4.78 is 9.93. The number of hydrogen-bond acceptors (Lipinski definition) is 10. The van der Waals surface area contributed by atoms with E-state index in [2.05, 4.69) is 26.1 Å². The second kappa shape index (κ2) is 12.0. The van der Waals surface area contributed by atoms with Crippen LogP contribution in [0.5, 0.6) is 0 Å². The highest BCUT2D eigenvalue weighted by Gasteiger charge is 2.51. The first kappa shape index (κ1) is 24.2. The minimum Gasteiger partial charge on any atom is -0.478 e. The fraction of sp³-hybridized carbons (Fsp3) is 0.611. The number of carbonyl (C=O) groups excluding carboxylic acids is 2. The molecule has 0 radical (unpaired) electrons. The molecule has 172 valence electrons. The summed E-state index contributed by atoms with van der Waals surface area (Å²) in [4.78, 5) is 47.4. The number of carbonyl (C=O) groups is 3. The van der Waals surface area contributed by atoms with Crippen LogP contribution in [0.2, 0.25) is 0 Å². The third-order valence-electron chi connectivity index (χ3n) is 4.25. The number of nitrogens with one attached hydrogen (secondary N) is 3. The number of aliphatic carboxylic acids is 1. The number of rotatable bonds is 12. The molecule has 31 heavy (non-hydrogen) atoms. The van der Waals surface area contributed by atoms with Gasteiger partial charge in [-0.05, 0) is 19.8 Å². The lowest BCUT2D eigenvalue weighted by Gasteiger charge is -2.39. The minimum atomic E-state index is -2.38. The summed E-state index contributed by atoms with van der Waals surface area (Å²) in [5.41, 5.74) is -2.38. The molecule has 1 aromatic heterocycles. The van der Waals surface area contributed by atoms with E-state index < -0.39 is 36.5 Å². The first-order chi connectivity index (χ1) is 14.9. The van der Waals surface area contributed by atoms with Crippen molar-refractivity contribution in [1.29, 1.82) is 0 Å². The molecule has 1 aromatic rings. The Morgan fingerprint density at radius 1 is 1.42 bits per heavy atom. The van der Waals surface area contributed by atoms with Gasteiger partial charge in [0.05, 0.1) is 26.0 Å². The zero-order chi connectivity index (χ0) is 22.7. The zero-order valence-electron chi connectivity index (χ0n) is 17.5. The van der Waals surface area contributed by atoms with Crippen molar-refractivity contribution in [3.05, 3.63) is 18.0 Å². The second-order valence-electron chi connectivity index (χ2n) is 6.53.